The number of hydrogen-bond donors (Lipinski definition) is 1. The normalized spacial score (nSPS) is 21.8. The van der Waals surface area contributed by atoms with Gasteiger partial charge in [0, 0.05) is 6.42 Å². The van der Waals surface area contributed by atoms with Gasteiger partial charge in [-0.2, -0.15) is 0 Å². The molecule has 0 aromatic heterocycles. The molecule has 13 heavy (non-hydrogen) atoms. The van der Waals surface area contributed by atoms with Gasteiger partial charge in [0.25, 0.3) is 0 Å². The van der Waals surface area contributed by atoms with Crippen LogP contribution < -0.4 is 5.32 Å². The van der Waals surface area contributed by atoms with Gasteiger partial charge in [0.05, 0.1) is 6.61 Å². The Bertz CT molecular complexity index is 147. The van der Waals surface area contributed by atoms with Gasteiger partial charge in [-0.1, -0.05) is 0 Å². The highest BCUT2D eigenvalue weighted by Crippen LogP contribution is 2.14. The van der Waals surface area contributed by atoms with Crippen LogP contribution in [-0.4, -0.2) is 25.7 Å². The zero-order chi connectivity index (χ0) is 8.81. The lowest BCUT2D eigenvalue weighted by atomic mass is 9.96. The Hall–Kier alpha value is -0.280. The molecule has 1 atom stereocenters. The summed E-state index contributed by atoms with van der Waals surface area (Å²) in [5, 5.41) is 3.27. The van der Waals surface area contributed by atoms with Crippen LogP contribution in [0.1, 0.15) is 26.2 Å². The summed E-state index contributed by atoms with van der Waals surface area (Å²) in [4.78, 5) is 11.1. The maximum atomic E-state index is 11.1. The van der Waals surface area contributed by atoms with Crippen molar-refractivity contribution in [3.05, 3.63) is 0 Å². The fraction of sp³-hybridized carbons (Fsp3) is 0.889. The lowest BCUT2D eigenvalue weighted by Crippen LogP contribution is -2.31. The van der Waals surface area contributed by atoms with Crippen molar-refractivity contribution in [2.45, 2.75) is 26.2 Å². The van der Waals surface area contributed by atoms with E-state index in [1.807, 2.05) is 6.92 Å². The summed E-state index contributed by atoms with van der Waals surface area (Å²) >= 11 is 0. The van der Waals surface area contributed by atoms with Crippen LogP contribution in [0.25, 0.3) is 0 Å². The summed E-state index contributed by atoms with van der Waals surface area (Å²) < 4.78 is 4.88. The van der Waals surface area contributed by atoms with Gasteiger partial charge in [-0.3, -0.25) is 4.79 Å². The van der Waals surface area contributed by atoms with Crippen LogP contribution in [0.15, 0.2) is 0 Å². The highest BCUT2D eigenvalue weighted by molar-refractivity contribution is 5.85. The number of nitrogens with one attached hydrogen (secondary N) is 1. The molecule has 4 heteroatoms. The zero-order valence-electron chi connectivity index (χ0n) is 8.04. The largest absolute Gasteiger partial charge is 0.466 e. The van der Waals surface area contributed by atoms with Crippen LogP contribution in [0.4, 0.5) is 0 Å². The first-order valence-electron chi connectivity index (χ1n) is 4.69. The van der Waals surface area contributed by atoms with Crippen molar-refractivity contribution in [1.82, 2.24) is 5.32 Å². The Morgan fingerprint density at radius 2 is 2.38 bits per heavy atom. The van der Waals surface area contributed by atoms with Crippen LogP contribution in [0.5, 0.6) is 0 Å². The number of ether oxygens (including phenoxy) is 1. The number of hydrogen-bond acceptors (Lipinski definition) is 3. The third-order valence-electron chi connectivity index (χ3n) is 2.16. The van der Waals surface area contributed by atoms with E-state index in [4.69, 9.17) is 4.74 Å². The maximum absolute atomic E-state index is 11.1. The number of halogens is 1. The fourth-order valence-electron chi connectivity index (χ4n) is 1.55. The fourth-order valence-corrected chi connectivity index (χ4v) is 1.55. The highest BCUT2D eigenvalue weighted by Gasteiger charge is 2.16. The molecule has 0 radical (unpaired) electrons. The van der Waals surface area contributed by atoms with Gasteiger partial charge in [0.1, 0.15) is 0 Å². The van der Waals surface area contributed by atoms with Crippen LogP contribution in [0, 0.1) is 5.92 Å². The quantitative estimate of drug-likeness (QED) is 0.711. The molecule has 0 bridgehead atoms. The summed E-state index contributed by atoms with van der Waals surface area (Å²) in [5.74, 6) is 0.448. The van der Waals surface area contributed by atoms with Crippen molar-refractivity contribution in [1.29, 1.82) is 0 Å². The molecule has 0 amide bonds. The molecule has 78 valence electrons. The lowest BCUT2D eigenvalue weighted by molar-refractivity contribution is -0.144. The van der Waals surface area contributed by atoms with Crippen molar-refractivity contribution < 1.29 is 9.53 Å². The standard InChI is InChI=1S/C9H17NO2.ClH/c1-2-12-9(11)6-8-4-3-5-10-7-8;/h8,10H,2-7H2,1H3;1H/t8-;/m0./s1. The molecule has 0 saturated carbocycles. The van der Waals surface area contributed by atoms with Crippen molar-refractivity contribution in [2.75, 3.05) is 19.7 Å². The molecule has 0 unspecified atom stereocenters. The topological polar surface area (TPSA) is 38.3 Å². The van der Waals surface area contributed by atoms with Gasteiger partial charge in [-0.05, 0) is 38.8 Å². The average molecular weight is 208 g/mol. The van der Waals surface area contributed by atoms with E-state index >= 15 is 0 Å². The van der Waals surface area contributed by atoms with Crippen molar-refractivity contribution in [3.8, 4) is 0 Å². The molecule has 0 aromatic carbocycles. The van der Waals surface area contributed by atoms with Crippen molar-refractivity contribution >= 4 is 18.4 Å². The Kier molecular flexibility index (Phi) is 7.00. The second-order valence-corrected chi connectivity index (χ2v) is 3.22. The molecule has 0 spiro atoms. The summed E-state index contributed by atoms with van der Waals surface area (Å²) in [6.45, 7) is 4.41. The average Bonchev–Trinajstić information content (AvgIpc) is 2.06. The van der Waals surface area contributed by atoms with Crippen molar-refractivity contribution in [3.63, 3.8) is 0 Å². The summed E-state index contributed by atoms with van der Waals surface area (Å²) in [5.41, 5.74) is 0. The van der Waals surface area contributed by atoms with E-state index in [-0.39, 0.29) is 18.4 Å². The Morgan fingerprint density at radius 1 is 1.62 bits per heavy atom. The first-order chi connectivity index (χ1) is 5.83. The molecule has 1 N–H and O–H groups in total. The van der Waals surface area contributed by atoms with Gasteiger partial charge in [0.15, 0.2) is 0 Å². The first kappa shape index (κ1) is 12.7. The van der Waals surface area contributed by atoms with E-state index in [2.05, 4.69) is 5.32 Å². The summed E-state index contributed by atoms with van der Waals surface area (Å²) in [7, 11) is 0. The first-order valence-corrected chi connectivity index (χ1v) is 4.69. The number of esters is 1. The van der Waals surface area contributed by atoms with Gasteiger partial charge in [0.2, 0.25) is 0 Å². The molecule has 1 saturated heterocycles. The zero-order valence-corrected chi connectivity index (χ0v) is 8.86. The molecule has 3 nitrogen and oxygen atoms in total. The summed E-state index contributed by atoms with van der Waals surface area (Å²) in [6, 6.07) is 0. The highest BCUT2D eigenvalue weighted by atomic mass is 35.5. The van der Waals surface area contributed by atoms with Crippen LogP contribution in [0.2, 0.25) is 0 Å². The van der Waals surface area contributed by atoms with Crippen LogP contribution >= 0.6 is 12.4 Å². The number of carbonyl (C=O) groups is 1. The summed E-state index contributed by atoms with van der Waals surface area (Å²) in [6.07, 6.45) is 2.93. The Morgan fingerprint density at radius 3 is 2.92 bits per heavy atom. The van der Waals surface area contributed by atoms with Gasteiger partial charge < -0.3 is 10.1 Å². The SMILES string of the molecule is CCOC(=O)C[C@@H]1CCCNC1.Cl. The molecular formula is C9H18ClNO2. The molecule has 0 aliphatic carbocycles. The second kappa shape index (κ2) is 7.15. The molecule has 1 heterocycles. The van der Waals surface area contributed by atoms with Crippen LogP contribution in [0.3, 0.4) is 0 Å². The minimum Gasteiger partial charge on any atom is -0.466 e. The monoisotopic (exact) mass is 207 g/mol. The van der Waals surface area contributed by atoms with E-state index < -0.39 is 0 Å². The second-order valence-electron chi connectivity index (χ2n) is 3.22. The van der Waals surface area contributed by atoms with E-state index in [0.29, 0.717) is 18.9 Å². The Labute approximate surface area is 85.6 Å². The smallest absolute Gasteiger partial charge is 0.306 e. The minimum atomic E-state index is -0.0498. The lowest BCUT2D eigenvalue weighted by Gasteiger charge is -2.21. The molecule has 1 fully saturated rings. The van der Waals surface area contributed by atoms with Crippen LogP contribution in [-0.2, 0) is 9.53 Å². The van der Waals surface area contributed by atoms with E-state index in [1.54, 1.807) is 0 Å². The van der Waals surface area contributed by atoms with Gasteiger partial charge >= 0.3 is 5.97 Å². The number of rotatable bonds is 3. The Balaban J connectivity index is 0.00000144. The number of piperidine rings is 1. The predicted molar refractivity (Wildman–Crippen MR) is 54.1 cm³/mol. The third kappa shape index (κ3) is 5.11. The number of carbonyl (C=O) groups excluding carboxylic acids is 1. The van der Waals surface area contributed by atoms with E-state index in [0.717, 1.165) is 19.5 Å². The molecule has 0 aromatic rings. The van der Waals surface area contributed by atoms with Gasteiger partial charge in [-0.25, -0.2) is 0 Å². The van der Waals surface area contributed by atoms with Crippen molar-refractivity contribution in [2.24, 2.45) is 5.92 Å². The van der Waals surface area contributed by atoms with E-state index in [1.165, 1.54) is 6.42 Å². The maximum Gasteiger partial charge on any atom is 0.306 e. The molecule has 1 aliphatic rings. The predicted octanol–water partition coefficient (Wildman–Crippen LogP) is 1.36. The van der Waals surface area contributed by atoms with Gasteiger partial charge in [-0.15, -0.1) is 12.4 Å². The van der Waals surface area contributed by atoms with E-state index in [9.17, 15) is 4.79 Å². The third-order valence-corrected chi connectivity index (χ3v) is 2.16. The molecular weight excluding hydrogens is 190 g/mol. The molecule has 1 rings (SSSR count). The molecule has 1 aliphatic heterocycles. The minimum absolute atomic E-state index is 0.